The second-order valence-electron chi connectivity index (χ2n) is 9.28. The molecule has 4 rings (SSSR count). The molecule has 0 bridgehead atoms. The quantitative estimate of drug-likeness (QED) is 0.411. The average molecular weight is 500 g/mol. The third-order valence-corrected chi connectivity index (χ3v) is 5.90. The third kappa shape index (κ3) is 7.01. The first kappa shape index (κ1) is 26.0. The van der Waals surface area contributed by atoms with Crippen molar-refractivity contribution in [1.29, 1.82) is 0 Å². The summed E-state index contributed by atoms with van der Waals surface area (Å²) in [5.74, 6) is -1.88. The van der Waals surface area contributed by atoms with E-state index in [2.05, 4.69) is 20.6 Å². The zero-order valence-electron chi connectivity index (χ0n) is 20.7. The van der Waals surface area contributed by atoms with Crippen molar-refractivity contribution in [2.45, 2.75) is 44.8 Å². The van der Waals surface area contributed by atoms with E-state index in [0.29, 0.717) is 12.0 Å². The number of amides is 2. The maximum absolute atomic E-state index is 13.5. The summed E-state index contributed by atoms with van der Waals surface area (Å²) < 4.78 is 11.5. The van der Waals surface area contributed by atoms with Crippen LogP contribution in [0.4, 0.5) is 0 Å². The lowest BCUT2D eigenvalue weighted by molar-refractivity contribution is -0.136. The van der Waals surface area contributed by atoms with Gasteiger partial charge in [0.2, 0.25) is 5.91 Å². The smallest absolute Gasteiger partial charge is 0.506 e. The molecule has 0 saturated carbocycles. The number of nitrogens with zero attached hydrogens (tertiary/aromatic N) is 2. The Balaban J connectivity index is 1.52. The molecule has 1 fully saturated rings. The largest absolute Gasteiger partial charge is 0.552 e. The number of hydrogen-bond acceptors (Lipinski definition) is 7. The summed E-state index contributed by atoms with van der Waals surface area (Å²) in [6, 6.07) is 17.5. The first-order valence-electron chi connectivity index (χ1n) is 12.2. The van der Waals surface area contributed by atoms with Gasteiger partial charge in [0.1, 0.15) is 11.7 Å². The van der Waals surface area contributed by atoms with Gasteiger partial charge in [0.15, 0.2) is 6.10 Å². The number of carbonyl (C=O) groups excluding carboxylic acids is 3. The van der Waals surface area contributed by atoms with E-state index in [9.17, 15) is 14.4 Å². The van der Waals surface area contributed by atoms with Crippen molar-refractivity contribution in [1.82, 2.24) is 20.6 Å². The molecular weight excluding hydrogens is 471 g/mol. The highest BCUT2D eigenvalue weighted by Gasteiger charge is 2.47. The molecule has 190 valence electrons. The van der Waals surface area contributed by atoms with Crippen molar-refractivity contribution in [3.63, 3.8) is 0 Å². The molecule has 1 saturated heterocycles. The molecule has 3 atom stereocenters. The molecule has 10 heteroatoms. The predicted molar refractivity (Wildman–Crippen MR) is 137 cm³/mol. The van der Waals surface area contributed by atoms with Crippen molar-refractivity contribution >= 4 is 24.9 Å². The normalized spacial score (nSPS) is 16.7. The van der Waals surface area contributed by atoms with Gasteiger partial charge in [0.25, 0.3) is 5.91 Å². The van der Waals surface area contributed by atoms with E-state index in [4.69, 9.17) is 9.31 Å². The number of nitrogens with one attached hydrogen (secondary N) is 2. The Morgan fingerprint density at radius 3 is 2.35 bits per heavy atom. The van der Waals surface area contributed by atoms with Crippen molar-refractivity contribution in [3.05, 3.63) is 96.1 Å². The monoisotopic (exact) mass is 500 g/mol. The highest BCUT2D eigenvalue weighted by Crippen LogP contribution is 2.28. The minimum atomic E-state index is -0.961. The van der Waals surface area contributed by atoms with E-state index in [1.54, 1.807) is 12.1 Å². The lowest BCUT2D eigenvalue weighted by Crippen LogP contribution is -2.55. The number of aromatic nitrogens is 2. The molecule has 0 radical (unpaired) electrons. The summed E-state index contributed by atoms with van der Waals surface area (Å²) in [6.45, 7) is 4.00. The van der Waals surface area contributed by atoms with Gasteiger partial charge in [-0.2, -0.15) is 0 Å². The number of hydrogen-bond donors (Lipinski definition) is 2. The summed E-state index contributed by atoms with van der Waals surface area (Å²) in [4.78, 5) is 46.9. The second kappa shape index (κ2) is 12.3. The maximum atomic E-state index is 13.5. The third-order valence-electron chi connectivity index (χ3n) is 5.90. The molecule has 0 aliphatic carbocycles. The summed E-state index contributed by atoms with van der Waals surface area (Å²) in [6.07, 6.45) is 4.10. The van der Waals surface area contributed by atoms with Gasteiger partial charge in [0, 0.05) is 18.8 Å². The van der Waals surface area contributed by atoms with Gasteiger partial charge in [0.05, 0.1) is 12.1 Å². The molecule has 37 heavy (non-hydrogen) atoms. The van der Waals surface area contributed by atoms with Crippen LogP contribution in [-0.4, -0.2) is 46.9 Å². The van der Waals surface area contributed by atoms with Crippen molar-refractivity contribution in [2.75, 3.05) is 0 Å². The molecule has 9 nitrogen and oxygen atoms in total. The Morgan fingerprint density at radius 2 is 1.70 bits per heavy atom. The molecule has 0 unspecified atom stereocenters. The topological polar surface area (TPSA) is 120 Å². The van der Waals surface area contributed by atoms with Crippen LogP contribution in [0.3, 0.4) is 0 Å². The van der Waals surface area contributed by atoms with Gasteiger partial charge in [-0.25, -0.2) is 4.98 Å². The van der Waals surface area contributed by atoms with Crippen LogP contribution in [0.5, 0.6) is 0 Å². The molecule has 3 aromatic rings. The molecule has 1 aliphatic heterocycles. The molecule has 2 N–H and O–H groups in total. The summed E-state index contributed by atoms with van der Waals surface area (Å²) in [7, 11) is -0.961. The molecule has 2 amide bonds. The fourth-order valence-electron chi connectivity index (χ4n) is 4.15. The van der Waals surface area contributed by atoms with Crippen LogP contribution in [0, 0.1) is 5.92 Å². The number of carbonyl (C=O) groups is 3. The van der Waals surface area contributed by atoms with Crippen LogP contribution in [0.25, 0.3) is 0 Å². The molecule has 2 heterocycles. The first-order chi connectivity index (χ1) is 17.9. The van der Waals surface area contributed by atoms with Gasteiger partial charge >= 0.3 is 13.1 Å². The van der Waals surface area contributed by atoms with Crippen LogP contribution in [0.1, 0.15) is 48.0 Å². The van der Waals surface area contributed by atoms with E-state index in [0.717, 1.165) is 5.56 Å². The zero-order valence-corrected chi connectivity index (χ0v) is 20.7. The first-order valence-corrected chi connectivity index (χ1v) is 12.2. The molecule has 1 aliphatic rings. The van der Waals surface area contributed by atoms with E-state index in [1.165, 1.54) is 18.6 Å². The van der Waals surface area contributed by atoms with Gasteiger partial charge < -0.3 is 19.9 Å². The van der Waals surface area contributed by atoms with E-state index in [-0.39, 0.29) is 18.0 Å². The Morgan fingerprint density at radius 1 is 1.00 bits per heavy atom. The SMILES string of the molecule is CC(C)C[C@H](NC(=O)[C@H](Cc1ccccc1)NC(=O)c1cnccn1)B1OC(=O)[C@@H](c2ccccc2)O1. The highest BCUT2D eigenvalue weighted by atomic mass is 16.7. The van der Waals surface area contributed by atoms with Crippen molar-refractivity contribution in [3.8, 4) is 0 Å². The van der Waals surface area contributed by atoms with Crippen molar-refractivity contribution in [2.24, 2.45) is 5.92 Å². The zero-order chi connectivity index (χ0) is 26.2. The van der Waals surface area contributed by atoms with Crippen LogP contribution < -0.4 is 10.6 Å². The van der Waals surface area contributed by atoms with Gasteiger partial charge in [-0.1, -0.05) is 74.5 Å². The minimum absolute atomic E-state index is 0.103. The Bertz CT molecular complexity index is 1200. The van der Waals surface area contributed by atoms with Gasteiger partial charge in [-0.05, 0) is 23.5 Å². The van der Waals surface area contributed by atoms with E-state index in [1.807, 2.05) is 62.4 Å². The van der Waals surface area contributed by atoms with Crippen LogP contribution in [0.2, 0.25) is 0 Å². The average Bonchev–Trinajstić information content (AvgIpc) is 3.30. The summed E-state index contributed by atoms with van der Waals surface area (Å²) >= 11 is 0. The lowest BCUT2D eigenvalue weighted by Gasteiger charge is -2.25. The Hall–Kier alpha value is -4.05. The molecule has 0 spiro atoms. The standard InChI is InChI=1S/C27H29BN4O5/c1-18(2)15-23(28-36-24(27(35)37-28)20-11-7-4-8-12-20)32-25(33)21(16-19-9-5-3-6-10-19)31-26(34)22-17-29-13-14-30-22/h3-14,17-18,21,23-24H,15-16H2,1-2H3,(H,31,34)(H,32,33)/t21-,23-,24+/m0/s1. The van der Waals surface area contributed by atoms with Crippen LogP contribution in [0.15, 0.2) is 79.3 Å². The molecule has 2 aromatic carbocycles. The molecular formula is C27H29BN4O5. The summed E-state index contributed by atoms with van der Waals surface area (Å²) in [5.41, 5.74) is 1.66. The Labute approximate surface area is 216 Å². The minimum Gasteiger partial charge on any atom is -0.506 e. The number of rotatable bonds is 10. The fraction of sp³-hybridized carbons (Fsp3) is 0.296. The second-order valence-corrected chi connectivity index (χ2v) is 9.28. The van der Waals surface area contributed by atoms with Gasteiger partial charge in [-0.15, -0.1) is 0 Å². The highest BCUT2D eigenvalue weighted by molar-refractivity contribution is 6.51. The fourth-order valence-corrected chi connectivity index (χ4v) is 4.15. The van der Waals surface area contributed by atoms with Crippen molar-refractivity contribution < 1.29 is 23.7 Å². The van der Waals surface area contributed by atoms with Gasteiger partial charge in [-0.3, -0.25) is 19.4 Å². The van der Waals surface area contributed by atoms with E-state index < -0.39 is 43.0 Å². The lowest BCUT2D eigenvalue weighted by atomic mass is 9.74. The van der Waals surface area contributed by atoms with Crippen LogP contribution >= 0.6 is 0 Å². The Kier molecular flexibility index (Phi) is 8.63. The van der Waals surface area contributed by atoms with E-state index >= 15 is 0 Å². The number of benzene rings is 2. The van der Waals surface area contributed by atoms with Crippen LogP contribution in [-0.2, 0) is 25.3 Å². The predicted octanol–water partition coefficient (Wildman–Crippen LogP) is 2.69. The molecule has 1 aromatic heterocycles. The summed E-state index contributed by atoms with van der Waals surface area (Å²) in [5, 5.41) is 5.74. The maximum Gasteiger partial charge on any atom is 0.552 e.